The van der Waals surface area contributed by atoms with Gasteiger partial charge in [-0.25, -0.2) is 19.9 Å². The van der Waals surface area contributed by atoms with Crippen LogP contribution in [-0.4, -0.2) is 52.5 Å². The highest BCUT2D eigenvalue weighted by molar-refractivity contribution is 6.08. The number of anilines is 2. The van der Waals surface area contributed by atoms with E-state index in [-0.39, 0.29) is 40.1 Å². The van der Waals surface area contributed by atoms with Crippen LogP contribution in [0.2, 0.25) is 0 Å². The first-order chi connectivity index (χ1) is 17.3. The molecule has 0 spiro atoms. The van der Waals surface area contributed by atoms with Gasteiger partial charge in [-0.2, -0.15) is 32.1 Å². The smallest absolute Gasteiger partial charge is 0.383 e. The molecule has 0 aliphatic carbocycles. The molecule has 4 aromatic heterocycles. The van der Waals surface area contributed by atoms with Crippen molar-refractivity contribution in [2.24, 2.45) is 0 Å². The third-order valence-corrected chi connectivity index (χ3v) is 6.20. The van der Waals surface area contributed by atoms with Gasteiger partial charge in [0.05, 0.1) is 22.6 Å². The topological polar surface area (TPSA) is 137 Å². The third kappa shape index (κ3) is 3.90. The van der Waals surface area contributed by atoms with Gasteiger partial charge in [0.1, 0.15) is 22.7 Å². The predicted molar refractivity (Wildman–Crippen MR) is 120 cm³/mol. The van der Waals surface area contributed by atoms with E-state index in [1.165, 1.54) is 23.0 Å². The Hall–Kier alpha value is -4.30. The van der Waals surface area contributed by atoms with Crippen molar-refractivity contribution >= 4 is 23.2 Å². The van der Waals surface area contributed by atoms with E-state index in [1.807, 2.05) is 0 Å². The molecule has 3 N–H and O–H groups in total. The summed E-state index contributed by atoms with van der Waals surface area (Å²) in [5, 5.41) is 10.8. The number of aromatic nitrogens is 7. The number of nitrogens with two attached hydrogens (primary N) is 1. The Kier molecular flexibility index (Phi) is 5.35. The van der Waals surface area contributed by atoms with Gasteiger partial charge in [-0.1, -0.05) is 0 Å². The zero-order chi connectivity index (χ0) is 26.8. The lowest BCUT2D eigenvalue weighted by Crippen LogP contribution is -2.36. The van der Waals surface area contributed by atoms with Gasteiger partial charge >= 0.3 is 12.1 Å². The van der Waals surface area contributed by atoms with Gasteiger partial charge < -0.3 is 15.5 Å². The number of nitrogen functional groups attached to an aromatic ring is 1. The number of hydrogen-bond donors (Lipinski definition) is 2. The van der Waals surface area contributed by atoms with E-state index < -0.39 is 36.3 Å². The fraction of sp³-hybridized carbons (Fsp3) is 0.318. The van der Waals surface area contributed by atoms with Crippen molar-refractivity contribution in [3.63, 3.8) is 0 Å². The van der Waals surface area contributed by atoms with Gasteiger partial charge in [-0.15, -0.1) is 0 Å². The van der Waals surface area contributed by atoms with E-state index in [2.05, 4.69) is 35.5 Å². The summed E-state index contributed by atoms with van der Waals surface area (Å²) in [5.74, 6) is -5.42. The molecular weight excluding hydrogens is 501 g/mol. The van der Waals surface area contributed by atoms with Gasteiger partial charge in [0, 0.05) is 25.0 Å². The summed E-state index contributed by atoms with van der Waals surface area (Å²) in [6.07, 6.45) is -3.69. The van der Waals surface area contributed by atoms with Crippen LogP contribution in [-0.2, 0) is 16.6 Å². The van der Waals surface area contributed by atoms with E-state index in [4.69, 9.17) is 5.73 Å². The van der Waals surface area contributed by atoms with E-state index in [1.54, 1.807) is 26.0 Å². The zero-order valence-electron chi connectivity index (χ0n) is 19.3. The summed E-state index contributed by atoms with van der Waals surface area (Å²) in [6, 6.07) is 3.33. The van der Waals surface area contributed by atoms with Crippen LogP contribution in [0.25, 0.3) is 17.2 Å². The van der Waals surface area contributed by atoms with Gasteiger partial charge in [0.2, 0.25) is 5.91 Å². The number of fused-ring (bicyclic) bond motifs is 2. The number of carbonyl (C=O) groups excluding carboxylic acids is 1. The van der Waals surface area contributed by atoms with Gasteiger partial charge in [-0.3, -0.25) is 4.79 Å². The second-order valence-electron chi connectivity index (χ2n) is 8.73. The van der Waals surface area contributed by atoms with Crippen LogP contribution in [0.5, 0.6) is 0 Å². The number of nitrogens with zero attached hydrogens (tertiary/aromatic N) is 7. The van der Waals surface area contributed by atoms with Crippen molar-refractivity contribution in [1.82, 2.24) is 34.5 Å². The van der Waals surface area contributed by atoms with Crippen LogP contribution in [0.1, 0.15) is 36.0 Å². The molecule has 5 heterocycles. The number of halogens is 5. The first kappa shape index (κ1) is 24.4. The summed E-state index contributed by atoms with van der Waals surface area (Å²) >= 11 is 0. The third-order valence-electron chi connectivity index (χ3n) is 6.20. The molecule has 10 nitrogen and oxygen atoms in total. The lowest BCUT2D eigenvalue weighted by atomic mass is 9.81. The highest BCUT2D eigenvalue weighted by Crippen LogP contribution is 2.44. The standard InChI is InChI=1S/C22H18F5N9O/c1-10-3-4-13(35-34-10)20(2)14-15(28)31-16(32-17(14)33-19(20)37)12-9-36-8-7-29-18(36)11(30-12)5-6-21(23,24)22(25,26)27/h3-4,7-9H,5-6H2,1-2H3,(H3,28,31,32,33,37). The maximum Gasteiger partial charge on any atom is 0.453 e. The number of rotatable bonds is 5. The van der Waals surface area contributed by atoms with Crippen molar-refractivity contribution < 1.29 is 26.7 Å². The maximum absolute atomic E-state index is 13.6. The summed E-state index contributed by atoms with van der Waals surface area (Å²) in [5.41, 5.74) is 6.17. The molecule has 5 rings (SSSR count). The minimum atomic E-state index is -5.69. The SMILES string of the molecule is Cc1ccc(C2(C)C(=O)Nc3nc(-c4cn5ccnc5c(CCC(F)(F)C(F)(F)F)n4)nc(N)c32)nn1. The van der Waals surface area contributed by atoms with E-state index in [0.29, 0.717) is 11.4 Å². The normalized spacial score (nSPS) is 17.8. The Morgan fingerprint density at radius 3 is 2.54 bits per heavy atom. The average Bonchev–Trinajstić information content (AvgIpc) is 3.40. The van der Waals surface area contributed by atoms with E-state index in [0.717, 1.165) is 0 Å². The molecule has 4 aromatic rings. The van der Waals surface area contributed by atoms with E-state index >= 15 is 0 Å². The average molecular weight is 519 g/mol. The van der Waals surface area contributed by atoms with Crippen molar-refractivity contribution in [2.75, 3.05) is 11.1 Å². The number of nitrogens with one attached hydrogen (secondary N) is 1. The van der Waals surface area contributed by atoms with Crippen molar-refractivity contribution in [3.05, 3.63) is 53.4 Å². The van der Waals surface area contributed by atoms with Gasteiger partial charge in [-0.05, 0) is 32.4 Å². The molecule has 37 heavy (non-hydrogen) atoms. The molecule has 1 unspecified atom stereocenters. The van der Waals surface area contributed by atoms with Crippen LogP contribution in [0.3, 0.4) is 0 Å². The second-order valence-corrected chi connectivity index (χ2v) is 8.73. The Morgan fingerprint density at radius 2 is 1.86 bits per heavy atom. The Bertz CT molecular complexity index is 1530. The van der Waals surface area contributed by atoms with E-state index in [9.17, 15) is 26.7 Å². The minimum absolute atomic E-state index is 0.0308. The summed E-state index contributed by atoms with van der Waals surface area (Å²) < 4.78 is 66.6. The highest BCUT2D eigenvalue weighted by atomic mass is 19.4. The Labute approximate surface area is 205 Å². The molecule has 0 fully saturated rings. The monoisotopic (exact) mass is 519 g/mol. The molecule has 1 amide bonds. The maximum atomic E-state index is 13.6. The molecule has 0 radical (unpaired) electrons. The zero-order valence-corrected chi connectivity index (χ0v) is 19.3. The van der Waals surface area contributed by atoms with Crippen molar-refractivity contribution in [2.45, 2.75) is 44.2 Å². The molecule has 1 atom stereocenters. The number of imidazole rings is 1. The number of aryl methyl sites for hydroxylation is 2. The lowest BCUT2D eigenvalue weighted by molar-refractivity contribution is -0.284. The second kappa shape index (κ2) is 8.11. The van der Waals surface area contributed by atoms with Crippen LogP contribution in [0, 0.1) is 6.92 Å². The first-order valence-corrected chi connectivity index (χ1v) is 10.9. The first-order valence-electron chi connectivity index (χ1n) is 10.9. The molecule has 1 aliphatic heterocycles. The molecule has 0 aromatic carbocycles. The number of hydrogen-bond acceptors (Lipinski definition) is 8. The fourth-order valence-corrected chi connectivity index (χ4v) is 4.12. The largest absolute Gasteiger partial charge is 0.453 e. The summed E-state index contributed by atoms with van der Waals surface area (Å²) in [6.45, 7) is 3.34. The molecule has 0 saturated heterocycles. The Balaban J connectivity index is 1.57. The minimum Gasteiger partial charge on any atom is -0.383 e. The number of alkyl halides is 5. The van der Waals surface area contributed by atoms with Crippen molar-refractivity contribution in [1.29, 1.82) is 0 Å². The lowest BCUT2D eigenvalue weighted by Gasteiger charge is -2.21. The van der Waals surface area contributed by atoms with Crippen LogP contribution in [0.15, 0.2) is 30.7 Å². The summed E-state index contributed by atoms with van der Waals surface area (Å²) in [7, 11) is 0. The molecule has 0 bridgehead atoms. The fourth-order valence-electron chi connectivity index (χ4n) is 4.12. The van der Waals surface area contributed by atoms with Gasteiger partial charge in [0.15, 0.2) is 11.5 Å². The molecule has 1 aliphatic rings. The highest BCUT2D eigenvalue weighted by Gasteiger charge is 2.56. The van der Waals surface area contributed by atoms with Crippen molar-refractivity contribution in [3.8, 4) is 11.5 Å². The summed E-state index contributed by atoms with van der Waals surface area (Å²) in [4.78, 5) is 29.8. The molecular formula is C22H18F5N9O. The molecule has 0 saturated carbocycles. The van der Waals surface area contributed by atoms with Crippen LogP contribution < -0.4 is 11.1 Å². The predicted octanol–water partition coefficient (Wildman–Crippen LogP) is 3.26. The Morgan fingerprint density at radius 1 is 1.11 bits per heavy atom. The van der Waals surface area contributed by atoms with Gasteiger partial charge in [0.25, 0.3) is 0 Å². The number of amides is 1. The molecule has 15 heteroatoms. The van der Waals surface area contributed by atoms with Crippen LogP contribution >= 0.6 is 0 Å². The number of carbonyl (C=O) groups is 1. The van der Waals surface area contributed by atoms with Crippen LogP contribution in [0.4, 0.5) is 33.6 Å². The quantitative estimate of drug-likeness (QED) is 0.384. The molecule has 192 valence electrons.